The second-order valence-electron chi connectivity index (χ2n) is 4.95. The van der Waals surface area contributed by atoms with Crippen molar-refractivity contribution in [2.45, 2.75) is 38.7 Å². The van der Waals surface area contributed by atoms with Crippen LogP contribution in [0.3, 0.4) is 0 Å². The van der Waals surface area contributed by atoms with Gasteiger partial charge in [0.15, 0.2) is 0 Å². The van der Waals surface area contributed by atoms with E-state index in [1.165, 1.54) is 5.56 Å². The van der Waals surface area contributed by atoms with Gasteiger partial charge in [-0.2, -0.15) is 0 Å². The van der Waals surface area contributed by atoms with Crippen molar-refractivity contribution >= 4 is 11.6 Å². The Kier molecular flexibility index (Phi) is 4.96. The van der Waals surface area contributed by atoms with Gasteiger partial charge in [0.05, 0.1) is 6.10 Å². The van der Waals surface area contributed by atoms with Gasteiger partial charge in [0.1, 0.15) is 18.0 Å². The lowest BCUT2D eigenvalue weighted by Crippen LogP contribution is -2.37. The van der Waals surface area contributed by atoms with Gasteiger partial charge in [-0.1, -0.05) is 13.3 Å². The van der Waals surface area contributed by atoms with Crippen molar-refractivity contribution in [2.75, 3.05) is 37.5 Å². The van der Waals surface area contributed by atoms with Crippen LogP contribution in [0.25, 0.3) is 0 Å². The fourth-order valence-corrected chi connectivity index (χ4v) is 2.67. The molecule has 2 rings (SSSR count). The Balaban J connectivity index is 2.19. The van der Waals surface area contributed by atoms with Crippen molar-refractivity contribution < 1.29 is 4.74 Å². The number of hydrogen-bond donors (Lipinski definition) is 1. The molecule has 19 heavy (non-hydrogen) atoms. The molecule has 0 aliphatic carbocycles. The first kappa shape index (κ1) is 14.1. The van der Waals surface area contributed by atoms with E-state index in [0.717, 1.165) is 50.4 Å². The van der Waals surface area contributed by atoms with Crippen LogP contribution < -0.4 is 10.2 Å². The maximum Gasteiger partial charge on any atom is 0.137 e. The van der Waals surface area contributed by atoms with Gasteiger partial charge in [-0.15, -0.1) is 0 Å². The highest BCUT2D eigenvalue weighted by Crippen LogP contribution is 2.27. The van der Waals surface area contributed by atoms with E-state index in [4.69, 9.17) is 4.74 Å². The zero-order valence-electron chi connectivity index (χ0n) is 12.1. The molecule has 5 heteroatoms. The molecule has 1 saturated heterocycles. The summed E-state index contributed by atoms with van der Waals surface area (Å²) in [5, 5.41) is 3.18. The predicted molar refractivity (Wildman–Crippen MR) is 77.8 cm³/mol. The summed E-state index contributed by atoms with van der Waals surface area (Å²) in [7, 11) is 3.72. The number of ether oxygens (including phenoxy) is 1. The maximum absolute atomic E-state index is 5.43. The summed E-state index contributed by atoms with van der Waals surface area (Å²) in [6.45, 7) is 4.21. The van der Waals surface area contributed by atoms with Gasteiger partial charge < -0.3 is 15.0 Å². The Morgan fingerprint density at radius 3 is 2.68 bits per heavy atom. The van der Waals surface area contributed by atoms with Crippen LogP contribution in [0.1, 0.15) is 31.7 Å². The Hall–Kier alpha value is -1.36. The van der Waals surface area contributed by atoms with Gasteiger partial charge in [0.25, 0.3) is 0 Å². The monoisotopic (exact) mass is 264 g/mol. The lowest BCUT2D eigenvalue weighted by atomic mass is 10.1. The summed E-state index contributed by atoms with van der Waals surface area (Å²) in [6.07, 6.45) is 6.31. The number of piperidine rings is 1. The quantitative estimate of drug-likeness (QED) is 0.882. The van der Waals surface area contributed by atoms with E-state index in [1.807, 2.05) is 7.05 Å². The van der Waals surface area contributed by atoms with E-state index in [9.17, 15) is 0 Å². The molecule has 0 spiro atoms. The van der Waals surface area contributed by atoms with Crippen molar-refractivity contribution in [3.8, 4) is 0 Å². The number of nitrogens with zero attached hydrogens (tertiary/aromatic N) is 3. The van der Waals surface area contributed by atoms with Crippen molar-refractivity contribution in [3.63, 3.8) is 0 Å². The minimum atomic E-state index is 0.400. The summed E-state index contributed by atoms with van der Waals surface area (Å²) in [4.78, 5) is 11.2. The third-order valence-corrected chi connectivity index (χ3v) is 3.73. The lowest BCUT2D eigenvalue weighted by Gasteiger charge is -2.33. The normalized spacial score (nSPS) is 16.7. The van der Waals surface area contributed by atoms with Gasteiger partial charge in [-0.3, -0.25) is 0 Å². The highest BCUT2D eigenvalue weighted by atomic mass is 16.5. The second kappa shape index (κ2) is 6.70. The molecule has 1 N–H and O–H groups in total. The summed E-state index contributed by atoms with van der Waals surface area (Å²) in [6, 6.07) is 0. The highest BCUT2D eigenvalue weighted by molar-refractivity contribution is 5.58. The summed E-state index contributed by atoms with van der Waals surface area (Å²) >= 11 is 0. The topological polar surface area (TPSA) is 50.3 Å². The number of methoxy groups -OCH3 is 1. The third kappa shape index (κ3) is 3.15. The highest BCUT2D eigenvalue weighted by Gasteiger charge is 2.22. The fourth-order valence-electron chi connectivity index (χ4n) is 2.67. The molecule has 1 fully saturated rings. The number of rotatable bonds is 5. The standard InChI is InChI=1S/C14H24N4O/c1-4-5-12-13(15-2)16-10-17-14(12)18-8-6-11(19-3)7-9-18/h10-11H,4-9H2,1-3H3,(H,15,16,17). The SMILES string of the molecule is CCCc1c(NC)ncnc1N1CCC(OC)CC1. The smallest absolute Gasteiger partial charge is 0.137 e. The van der Waals surface area contributed by atoms with Crippen LogP contribution >= 0.6 is 0 Å². The molecule has 5 nitrogen and oxygen atoms in total. The number of aromatic nitrogens is 2. The van der Waals surface area contributed by atoms with Gasteiger partial charge >= 0.3 is 0 Å². The Morgan fingerprint density at radius 2 is 2.11 bits per heavy atom. The molecule has 1 aliphatic rings. The molecule has 1 aromatic rings. The molecule has 1 aliphatic heterocycles. The first-order valence-electron chi connectivity index (χ1n) is 7.09. The molecule has 0 amide bonds. The molecule has 0 atom stereocenters. The second-order valence-corrected chi connectivity index (χ2v) is 4.95. The number of hydrogen-bond acceptors (Lipinski definition) is 5. The van der Waals surface area contributed by atoms with Gasteiger partial charge in [-0.05, 0) is 19.3 Å². The first-order chi connectivity index (χ1) is 9.30. The lowest BCUT2D eigenvalue weighted by molar-refractivity contribution is 0.0817. The summed E-state index contributed by atoms with van der Waals surface area (Å²) in [5.74, 6) is 2.05. The molecule has 0 radical (unpaired) electrons. The van der Waals surface area contributed by atoms with Crippen LogP contribution in [0.5, 0.6) is 0 Å². The Labute approximate surface area is 115 Å². The first-order valence-corrected chi connectivity index (χ1v) is 7.09. The zero-order valence-corrected chi connectivity index (χ0v) is 12.1. The summed E-state index contributed by atoms with van der Waals surface area (Å²) < 4.78 is 5.43. The van der Waals surface area contributed by atoms with E-state index in [0.29, 0.717) is 6.10 Å². The molecule has 2 heterocycles. The van der Waals surface area contributed by atoms with Gasteiger partial charge in [0.2, 0.25) is 0 Å². The zero-order chi connectivity index (χ0) is 13.7. The molecule has 0 aromatic carbocycles. The van der Waals surface area contributed by atoms with Crippen molar-refractivity contribution in [2.24, 2.45) is 0 Å². The van der Waals surface area contributed by atoms with Crippen molar-refractivity contribution in [3.05, 3.63) is 11.9 Å². The van der Waals surface area contributed by atoms with E-state index < -0.39 is 0 Å². The average Bonchev–Trinajstić information content (AvgIpc) is 2.48. The maximum atomic E-state index is 5.43. The van der Waals surface area contributed by atoms with Crippen molar-refractivity contribution in [1.82, 2.24) is 9.97 Å². The predicted octanol–water partition coefficient (Wildman–Crippen LogP) is 2.09. The van der Waals surface area contributed by atoms with Crippen LogP contribution in [0, 0.1) is 0 Å². The molecule has 0 saturated carbocycles. The largest absolute Gasteiger partial charge is 0.381 e. The van der Waals surface area contributed by atoms with E-state index in [-0.39, 0.29) is 0 Å². The molecule has 0 bridgehead atoms. The van der Waals surface area contributed by atoms with E-state index in [1.54, 1.807) is 13.4 Å². The minimum absolute atomic E-state index is 0.400. The van der Waals surface area contributed by atoms with Crippen LogP contribution in [0.2, 0.25) is 0 Å². The molecule has 0 unspecified atom stereocenters. The average molecular weight is 264 g/mol. The third-order valence-electron chi connectivity index (χ3n) is 3.73. The van der Waals surface area contributed by atoms with Crippen LogP contribution in [-0.4, -0.2) is 43.3 Å². The molecular weight excluding hydrogens is 240 g/mol. The number of anilines is 2. The molecule has 106 valence electrons. The van der Waals surface area contributed by atoms with Crippen molar-refractivity contribution in [1.29, 1.82) is 0 Å². The van der Waals surface area contributed by atoms with Crippen LogP contribution in [0.15, 0.2) is 6.33 Å². The Bertz CT molecular complexity index is 402. The van der Waals surface area contributed by atoms with E-state index in [2.05, 4.69) is 27.1 Å². The van der Waals surface area contributed by atoms with E-state index >= 15 is 0 Å². The minimum Gasteiger partial charge on any atom is -0.381 e. The van der Waals surface area contributed by atoms with Crippen LogP contribution in [0.4, 0.5) is 11.6 Å². The fraction of sp³-hybridized carbons (Fsp3) is 0.714. The van der Waals surface area contributed by atoms with Gasteiger partial charge in [-0.25, -0.2) is 9.97 Å². The van der Waals surface area contributed by atoms with Gasteiger partial charge in [0, 0.05) is 32.8 Å². The summed E-state index contributed by atoms with van der Waals surface area (Å²) in [5.41, 5.74) is 1.24. The molecule has 1 aromatic heterocycles. The molecular formula is C14H24N4O. The number of nitrogens with one attached hydrogen (secondary N) is 1. The van der Waals surface area contributed by atoms with Crippen LogP contribution in [-0.2, 0) is 11.2 Å². The Morgan fingerprint density at radius 1 is 1.37 bits per heavy atom.